The zero-order valence-corrected chi connectivity index (χ0v) is 13.3. The van der Waals surface area contributed by atoms with Gasteiger partial charge in [-0.1, -0.05) is 18.3 Å². The van der Waals surface area contributed by atoms with Gasteiger partial charge in [-0.05, 0) is 31.2 Å². The molecule has 1 fully saturated rings. The molecule has 6 heteroatoms. The Morgan fingerprint density at radius 1 is 1.55 bits per heavy atom. The van der Waals surface area contributed by atoms with E-state index in [1.54, 1.807) is 11.3 Å². The highest BCUT2D eigenvalue weighted by Gasteiger charge is 2.45. The van der Waals surface area contributed by atoms with Crippen LogP contribution in [0.1, 0.15) is 24.6 Å². The number of thiophene rings is 1. The van der Waals surface area contributed by atoms with Gasteiger partial charge < -0.3 is 15.4 Å². The van der Waals surface area contributed by atoms with Crippen molar-refractivity contribution in [3.8, 4) is 0 Å². The number of ether oxygens (including phenoxy) is 1. The van der Waals surface area contributed by atoms with Gasteiger partial charge in [0.05, 0.1) is 11.5 Å². The fourth-order valence-corrected chi connectivity index (χ4v) is 3.52. The van der Waals surface area contributed by atoms with Crippen LogP contribution in [0.15, 0.2) is 17.5 Å². The predicted molar refractivity (Wildman–Crippen MR) is 84.7 cm³/mol. The van der Waals surface area contributed by atoms with Gasteiger partial charge in [0.15, 0.2) is 0 Å². The number of nitrogens with two attached hydrogens (primary N) is 1. The highest BCUT2D eigenvalue weighted by Crippen LogP contribution is 2.34. The monoisotopic (exact) mass is 312 g/mol. The Morgan fingerprint density at radius 3 is 2.75 bits per heavy atom. The Bertz CT molecular complexity index is 468. The number of thiocarbonyl (C=S) groups is 1. The molecule has 1 amide bonds. The van der Waals surface area contributed by atoms with Crippen molar-refractivity contribution in [2.75, 3.05) is 19.8 Å². The SMILES string of the molecule is CCN(Cc1cccs1)C(=O)C1(C(N)=S)CCOCC1. The van der Waals surface area contributed by atoms with Crippen molar-refractivity contribution in [3.05, 3.63) is 22.4 Å². The Labute approximate surface area is 128 Å². The van der Waals surface area contributed by atoms with Crippen LogP contribution < -0.4 is 5.73 Å². The highest BCUT2D eigenvalue weighted by atomic mass is 32.1. The van der Waals surface area contributed by atoms with E-state index in [4.69, 9.17) is 22.7 Å². The van der Waals surface area contributed by atoms with Crippen LogP contribution in [0.4, 0.5) is 0 Å². The fourth-order valence-electron chi connectivity index (χ4n) is 2.51. The van der Waals surface area contributed by atoms with E-state index in [9.17, 15) is 4.79 Å². The molecule has 1 aromatic heterocycles. The average Bonchev–Trinajstić information content (AvgIpc) is 2.97. The summed E-state index contributed by atoms with van der Waals surface area (Å²) in [5, 5.41) is 2.02. The van der Waals surface area contributed by atoms with Gasteiger partial charge in [0.1, 0.15) is 5.41 Å². The van der Waals surface area contributed by atoms with Crippen molar-refractivity contribution >= 4 is 34.5 Å². The quantitative estimate of drug-likeness (QED) is 0.847. The Balaban J connectivity index is 2.18. The van der Waals surface area contributed by atoms with Gasteiger partial charge in [0.2, 0.25) is 5.91 Å². The number of hydrogen-bond donors (Lipinski definition) is 1. The molecule has 2 N–H and O–H groups in total. The van der Waals surface area contributed by atoms with E-state index >= 15 is 0 Å². The third kappa shape index (κ3) is 3.02. The maximum Gasteiger partial charge on any atom is 0.236 e. The van der Waals surface area contributed by atoms with E-state index in [1.807, 2.05) is 29.3 Å². The van der Waals surface area contributed by atoms with Crippen molar-refractivity contribution in [1.29, 1.82) is 0 Å². The summed E-state index contributed by atoms with van der Waals surface area (Å²) in [6, 6.07) is 4.04. The number of amides is 1. The van der Waals surface area contributed by atoms with E-state index in [1.165, 1.54) is 4.88 Å². The summed E-state index contributed by atoms with van der Waals surface area (Å²) >= 11 is 6.85. The first-order chi connectivity index (χ1) is 9.60. The number of carbonyl (C=O) groups excluding carboxylic acids is 1. The molecule has 0 radical (unpaired) electrons. The number of rotatable bonds is 5. The topological polar surface area (TPSA) is 55.6 Å². The predicted octanol–water partition coefficient (Wildman–Crippen LogP) is 2.18. The molecule has 110 valence electrons. The lowest BCUT2D eigenvalue weighted by atomic mass is 9.78. The van der Waals surface area contributed by atoms with Crippen molar-refractivity contribution in [1.82, 2.24) is 4.90 Å². The molecule has 2 rings (SSSR count). The molecule has 0 unspecified atom stereocenters. The van der Waals surface area contributed by atoms with E-state index in [0.717, 1.165) is 0 Å². The first-order valence-corrected chi connectivity index (χ1v) is 8.08. The molecule has 0 bridgehead atoms. The summed E-state index contributed by atoms with van der Waals surface area (Å²) in [5.41, 5.74) is 5.18. The average molecular weight is 312 g/mol. The minimum Gasteiger partial charge on any atom is -0.392 e. The van der Waals surface area contributed by atoms with E-state index in [0.29, 0.717) is 44.1 Å². The van der Waals surface area contributed by atoms with Crippen LogP contribution in [-0.2, 0) is 16.1 Å². The summed E-state index contributed by atoms with van der Waals surface area (Å²) in [6.45, 7) is 4.34. The third-order valence-electron chi connectivity index (χ3n) is 3.82. The first-order valence-electron chi connectivity index (χ1n) is 6.79. The lowest BCUT2D eigenvalue weighted by Crippen LogP contribution is -2.53. The van der Waals surface area contributed by atoms with Crippen LogP contribution in [0.25, 0.3) is 0 Å². The number of hydrogen-bond acceptors (Lipinski definition) is 4. The van der Waals surface area contributed by atoms with Crippen LogP contribution in [-0.4, -0.2) is 35.6 Å². The van der Waals surface area contributed by atoms with Gasteiger partial charge in [-0.2, -0.15) is 0 Å². The third-order valence-corrected chi connectivity index (χ3v) is 5.08. The molecular weight excluding hydrogens is 292 g/mol. The smallest absolute Gasteiger partial charge is 0.236 e. The Hall–Kier alpha value is -0.980. The van der Waals surface area contributed by atoms with Crippen LogP contribution >= 0.6 is 23.6 Å². The Kier molecular flexibility index (Phi) is 5.12. The largest absolute Gasteiger partial charge is 0.392 e. The van der Waals surface area contributed by atoms with E-state index in [2.05, 4.69) is 0 Å². The van der Waals surface area contributed by atoms with Crippen molar-refractivity contribution in [3.63, 3.8) is 0 Å². The second-order valence-electron chi connectivity index (χ2n) is 4.96. The summed E-state index contributed by atoms with van der Waals surface area (Å²) < 4.78 is 5.36. The lowest BCUT2D eigenvalue weighted by Gasteiger charge is -2.38. The van der Waals surface area contributed by atoms with Gasteiger partial charge in [-0.25, -0.2) is 0 Å². The van der Waals surface area contributed by atoms with Crippen molar-refractivity contribution in [2.24, 2.45) is 11.1 Å². The molecule has 0 saturated carbocycles. The van der Waals surface area contributed by atoms with Gasteiger partial charge in [0, 0.05) is 24.6 Å². The molecule has 1 aliphatic heterocycles. The molecule has 0 atom stereocenters. The zero-order valence-electron chi connectivity index (χ0n) is 11.6. The minimum atomic E-state index is -0.721. The second-order valence-corrected chi connectivity index (χ2v) is 6.43. The van der Waals surface area contributed by atoms with Crippen molar-refractivity contribution < 1.29 is 9.53 Å². The van der Waals surface area contributed by atoms with E-state index in [-0.39, 0.29) is 5.91 Å². The maximum absolute atomic E-state index is 12.9. The summed E-state index contributed by atoms with van der Waals surface area (Å²) in [4.78, 5) is 16.2. The second kappa shape index (κ2) is 6.65. The van der Waals surface area contributed by atoms with Gasteiger partial charge in [0.25, 0.3) is 0 Å². The molecule has 20 heavy (non-hydrogen) atoms. The van der Waals surface area contributed by atoms with Crippen LogP contribution in [0.3, 0.4) is 0 Å². The summed E-state index contributed by atoms with van der Waals surface area (Å²) in [7, 11) is 0. The summed E-state index contributed by atoms with van der Waals surface area (Å²) in [5.74, 6) is 0.0456. The molecule has 0 spiro atoms. The summed E-state index contributed by atoms with van der Waals surface area (Å²) in [6.07, 6.45) is 1.17. The van der Waals surface area contributed by atoms with Gasteiger partial charge in [-0.15, -0.1) is 11.3 Å². The molecule has 4 nitrogen and oxygen atoms in total. The molecule has 1 saturated heterocycles. The standard InChI is InChI=1S/C14H20N2O2S2/c1-2-16(10-11-4-3-9-20-11)13(17)14(12(15)19)5-7-18-8-6-14/h3-4,9H,2,5-8,10H2,1H3,(H2,15,19). The molecule has 1 aliphatic rings. The first kappa shape index (κ1) is 15.4. The molecule has 0 aliphatic carbocycles. The van der Waals surface area contributed by atoms with Gasteiger partial charge >= 0.3 is 0 Å². The van der Waals surface area contributed by atoms with Crippen LogP contribution in [0, 0.1) is 5.41 Å². The van der Waals surface area contributed by atoms with Crippen LogP contribution in [0.2, 0.25) is 0 Å². The molecular formula is C14H20N2O2S2. The zero-order chi connectivity index (χ0) is 14.6. The van der Waals surface area contributed by atoms with Crippen molar-refractivity contribution in [2.45, 2.75) is 26.3 Å². The molecule has 0 aromatic carbocycles. The number of carbonyl (C=O) groups is 1. The molecule has 2 heterocycles. The molecule has 1 aromatic rings. The highest BCUT2D eigenvalue weighted by molar-refractivity contribution is 7.80. The fraction of sp³-hybridized carbons (Fsp3) is 0.571. The van der Waals surface area contributed by atoms with E-state index < -0.39 is 5.41 Å². The maximum atomic E-state index is 12.9. The normalized spacial score (nSPS) is 17.6. The Morgan fingerprint density at radius 2 is 2.25 bits per heavy atom. The minimum absolute atomic E-state index is 0.0456. The lowest BCUT2D eigenvalue weighted by molar-refractivity contribution is -0.142. The van der Waals surface area contributed by atoms with Gasteiger partial charge in [-0.3, -0.25) is 4.79 Å². The number of nitrogens with zero attached hydrogens (tertiary/aromatic N) is 1. The van der Waals surface area contributed by atoms with Crippen LogP contribution in [0.5, 0.6) is 0 Å².